The standard InChI is InChI=1S/C20H25N3OS/c1-16(2)12-13-24-19-10-8-17(9-11-19)14-22-23-20(21)25-15-18-6-4-3-5-7-18/h3-11,14,16H,12-13,15H2,1-2H3,(H2,21,23). The largest absolute Gasteiger partial charge is 0.494 e. The first-order valence-corrected chi connectivity index (χ1v) is 9.38. The minimum Gasteiger partial charge on any atom is -0.494 e. The second kappa shape index (κ2) is 10.6. The van der Waals surface area contributed by atoms with Gasteiger partial charge in [0.1, 0.15) is 5.75 Å². The number of amidine groups is 1. The highest BCUT2D eigenvalue weighted by Gasteiger charge is 1.98. The lowest BCUT2D eigenvalue weighted by molar-refractivity contribution is 0.289. The van der Waals surface area contributed by atoms with Crippen molar-refractivity contribution >= 4 is 23.1 Å². The highest BCUT2D eigenvalue weighted by molar-refractivity contribution is 8.13. The van der Waals surface area contributed by atoms with Crippen molar-refractivity contribution in [1.29, 1.82) is 0 Å². The van der Waals surface area contributed by atoms with E-state index in [4.69, 9.17) is 10.5 Å². The van der Waals surface area contributed by atoms with Gasteiger partial charge >= 0.3 is 0 Å². The van der Waals surface area contributed by atoms with Crippen molar-refractivity contribution in [2.45, 2.75) is 26.0 Å². The number of benzene rings is 2. The summed E-state index contributed by atoms with van der Waals surface area (Å²) in [4.78, 5) is 0. The lowest BCUT2D eigenvalue weighted by Gasteiger charge is -2.07. The molecule has 132 valence electrons. The molecule has 2 aromatic rings. The molecule has 0 unspecified atom stereocenters. The highest BCUT2D eigenvalue weighted by Crippen LogP contribution is 2.13. The third kappa shape index (κ3) is 7.90. The molecule has 2 aromatic carbocycles. The normalized spacial score (nSPS) is 12.0. The Kier molecular flexibility index (Phi) is 8.05. The van der Waals surface area contributed by atoms with Gasteiger partial charge < -0.3 is 10.5 Å². The number of hydrogen-bond acceptors (Lipinski definition) is 4. The van der Waals surface area contributed by atoms with E-state index in [0.29, 0.717) is 11.1 Å². The van der Waals surface area contributed by atoms with Crippen LogP contribution in [0.3, 0.4) is 0 Å². The van der Waals surface area contributed by atoms with Gasteiger partial charge in [0.25, 0.3) is 0 Å². The van der Waals surface area contributed by atoms with E-state index >= 15 is 0 Å². The SMILES string of the molecule is CC(C)CCOc1ccc(C=NN=C(N)SCc2ccccc2)cc1. The lowest BCUT2D eigenvalue weighted by atomic mass is 10.1. The van der Waals surface area contributed by atoms with E-state index < -0.39 is 0 Å². The van der Waals surface area contributed by atoms with Crippen LogP contribution in [0.15, 0.2) is 64.8 Å². The zero-order valence-corrected chi connectivity index (χ0v) is 15.6. The maximum atomic E-state index is 5.87. The van der Waals surface area contributed by atoms with Crippen molar-refractivity contribution in [3.63, 3.8) is 0 Å². The molecule has 0 saturated carbocycles. The third-order valence-corrected chi connectivity index (χ3v) is 4.29. The quantitative estimate of drug-likeness (QED) is 0.424. The van der Waals surface area contributed by atoms with Gasteiger partial charge in [-0.3, -0.25) is 0 Å². The van der Waals surface area contributed by atoms with Gasteiger partial charge in [0.15, 0.2) is 5.17 Å². The summed E-state index contributed by atoms with van der Waals surface area (Å²) in [5, 5.41) is 8.52. The number of thioether (sulfide) groups is 1. The highest BCUT2D eigenvalue weighted by atomic mass is 32.2. The number of nitrogens with two attached hydrogens (primary N) is 1. The molecule has 0 atom stereocenters. The minimum atomic E-state index is 0.453. The summed E-state index contributed by atoms with van der Waals surface area (Å²) >= 11 is 1.47. The maximum Gasteiger partial charge on any atom is 0.180 e. The smallest absolute Gasteiger partial charge is 0.180 e. The molecule has 0 spiro atoms. The van der Waals surface area contributed by atoms with Crippen LogP contribution in [0, 0.1) is 5.92 Å². The maximum absolute atomic E-state index is 5.87. The van der Waals surface area contributed by atoms with E-state index in [2.05, 4.69) is 36.2 Å². The second-order valence-electron chi connectivity index (χ2n) is 6.06. The third-order valence-electron chi connectivity index (χ3n) is 3.44. The van der Waals surface area contributed by atoms with Crippen LogP contribution < -0.4 is 10.5 Å². The molecule has 0 heterocycles. The van der Waals surface area contributed by atoms with Gasteiger partial charge in [-0.1, -0.05) is 55.9 Å². The Morgan fingerprint density at radius 3 is 2.52 bits per heavy atom. The first-order valence-electron chi connectivity index (χ1n) is 8.39. The molecule has 0 aliphatic carbocycles. The van der Waals surface area contributed by atoms with Crippen molar-refractivity contribution in [2.75, 3.05) is 6.61 Å². The molecule has 0 aliphatic heterocycles. The van der Waals surface area contributed by atoms with Gasteiger partial charge in [-0.15, -0.1) is 5.10 Å². The molecule has 5 heteroatoms. The average Bonchev–Trinajstić information content (AvgIpc) is 2.62. The molecule has 0 saturated heterocycles. The van der Waals surface area contributed by atoms with Crippen molar-refractivity contribution in [1.82, 2.24) is 0 Å². The van der Waals surface area contributed by atoms with Crippen LogP contribution in [-0.2, 0) is 5.75 Å². The van der Waals surface area contributed by atoms with Gasteiger partial charge in [-0.25, -0.2) is 0 Å². The van der Waals surface area contributed by atoms with E-state index in [9.17, 15) is 0 Å². The predicted molar refractivity (Wildman–Crippen MR) is 108 cm³/mol. The van der Waals surface area contributed by atoms with Crippen molar-refractivity contribution in [3.8, 4) is 5.75 Å². The van der Waals surface area contributed by atoms with Crippen LogP contribution >= 0.6 is 11.8 Å². The molecule has 2 rings (SSSR count). The molecule has 0 amide bonds. The summed E-state index contributed by atoms with van der Waals surface area (Å²) in [7, 11) is 0. The number of hydrogen-bond donors (Lipinski definition) is 1. The second-order valence-corrected chi connectivity index (χ2v) is 7.05. The molecule has 4 nitrogen and oxygen atoms in total. The monoisotopic (exact) mass is 355 g/mol. The molecule has 2 N–H and O–H groups in total. The van der Waals surface area contributed by atoms with Gasteiger partial charge in [-0.05, 0) is 47.7 Å². The Balaban J connectivity index is 1.78. The van der Waals surface area contributed by atoms with E-state index in [1.54, 1.807) is 6.21 Å². The van der Waals surface area contributed by atoms with Crippen LogP contribution in [0.1, 0.15) is 31.4 Å². The predicted octanol–water partition coefficient (Wildman–Crippen LogP) is 4.69. The zero-order chi connectivity index (χ0) is 17.9. The van der Waals surface area contributed by atoms with Crippen molar-refractivity contribution in [2.24, 2.45) is 21.9 Å². The van der Waals surface area contributed by atoms with Crippen LogP contribution in [0.5, 0.6) is 5.75 Å². The minimum absolute atomic E-state index is 0.453. The van der Waals surface area contributed by atoms with E-state index in [0.717, 1.165) is 30.1 Å². The summed E-state index contributed by atoms with van der Waals surface area (Å²) < 4.78 is 5.69. The molecule has 0 aliphatic rings. The Labute approximate surface area is 154 Å². The van der Waals surface area contributed by atoms with Gasteiger partial charge in [-0.2, -0.15) is 5.10 Å². The van der Waals surface area contributed by atoms with Crippen molar-refractivity contribution < 1.29 is 4.74 Å². The Bertz CT molecular complexity index is 682. The topological polar surface area (TPSA) is 60.0 Å². The Morgan fingerprint density at radius 1 is 1.12 bits per heavy atom. The summed E-state index contributed by atoms with van der Waals surface area (Å²) in [6, 6.07) is 17.9. The van der Waals surface area contributed by atoms with Crippen LogP contribution in [0.4, 0.5) is 0 Å². The van der Waals surface area contributed by atoms with Crippen LogP contribution in [0.25, 0.3) is 0 Å². The summed E-state index contributed by atoms with van der Waals surface area (Å²) in [5.41, 5.74) is 8.04. The van der Waals surface area contributed by atoms with E-state index in [1.165, 1.54) is 17.3 Å². The molecule has 25 heavy (non-hydrogen) atoms. The fourth-order valence-corrected chi connectivity index (χ4v) is 2.59. The number of nitrogens with zero attached hydrogens (tertiary/aromatic N) is 2. The molecule has 0 aromatic heterocycles. The average molecular weight is 356 g/mol. The first kappa shape index (κ1) is 19.1. The first-order chi connectivity index (χ1) is 12.1. The molecule has 0 bridgehead atoms. The lowest BCUT2D eigenvalue weighted by Crippen LogP contribution is -2.06. The fraction of sp³-hybridized carbons (Fsp3) is 0.300. The molecule has 0 radical (unpaired) electrons. The molecular weight excluding hydrogens is 330 g/mol. The fourth-order valence-electron chi connectivity index (χ4n) is 1.98. The molecular formula is C20H25N3OS. The zero-order valence-electron chi connectivity index (χ0n) is 14.8. The van der Waals surface area contributed by atoms with Gasteiger partial charge in [0.2, 0.25) is 0 Å². The molecule has 0 fully saturated rings. The van der Waals surface area contributed by atoms with Crippen LogP contribution in [-0.4, -0.2) is 18.0 Å². The van der Waals surface area contributed by atoms with Crippen LogP contribution in [0.2, 0.25) is 0 Å². The summed E-state index contributed by atoms with van der Waals surface area (Å²) in [6.07, 6.45) is 2.74. The summed E-state index contributed by atoms with van der Waals surface area (Å²) in [6.45, 7) is 5.12. The number of ether oxygens (including phenoxy) is 1. The van der Waals surface area contributed by atoms with E-state index in [1.807, 2.05) is 42.5 Å². The van der Waals surface area contributed by atoms with Gasteiger partial charge in [0.05, 0.1) is 12.8 Å². The number of rotatable bonds is 8. The Hall–Kier alpha value is -2.27. The van der Waals surface area contributed by atoms with E-state index in [-0.39, 0.29) is 0 Å². The van der Waals surface area contributed by atoms with Gasteiger partial charge in [0, 0.05) is 5.75 Å². The Morgan fingerprint density at radius 2 is 1.84 bits per heavy atom. The summed E-state index contributed by atoms with van der Waals surface area (Å²) in [5.74, 6) is 2.31. The van der Waals surface area contributed by atoms with Crippen molar-refractivity contribution in [3.05, 3.63) is 65.7 Å².